The first-order chi connectivity index (χ1) is 8.97. The van der Waals surface area contributed by atoms with Crippen LogP contribution in [0.1, 0.15) is 21.7 Å². The fourth-order valence-electron chi connectivity index (χ4n) is 1.53. The van der Waals surface area contributed by atoms with Crippen molar-refractivity contribution in [1.82, 2.24) is 0 Å². The van der Waals surface area contributed by atoms with Gasteiger partial charge in [-0.25, -0.2) is 4.39 Å². The van der Waals surface area contributed by atoms with Gasteiger partial charge >= 0.3 is 0 Å². The Morgan fingerprint density at radius 1 is 1.37 bits per heavy atom. The van der Waals surface area contributed by atoms with Gasteiger partial charge in [-0.05, 0) is 31.2 Å². The van der Waals surface area contributed by atoms with E-state index in [-0.39, 0.29) is 10.7 Å². The van der Waals surface area contributed by atoms with Gasteiger partial charge in [0.25, 0.3) is 5.91 Å². The first kappa shape index (κ1) is 13.2. The molecule has 0 unspecified atom stereocenters. The molecule has 0 aliphatic heterocycles. The van der Waals surface area contributed by atoms with Crippen molar-refractivity contribution in [3.63, 3.8) is 0 Å². The molecule has 0 aliphatic rings. The highest BCUT2D eigenvalue weighted by Gasteiger charge is 2.12. The maximum absolute atomic E-state index is 13.7. The number of anilines is 1. The standard InChI is InChI=1S/C13H11FN2O2S/c1-7-4-9(6-18-7)13(17)16-11-3-2-8(12(15)19)5-10(11)14/h2-6H,1H3,(H2,15,19)(H,16,17). The second-order valence-corrected chi connectivity index (χ2v) is 4.40. The third kappa shape index (κ3) is 2.97. The lowest BCUT2D eigenvalue weighted by Crippen LogP contribution is -2.14. The van der Waals surface area contributed by atoms with Crippen LogP contribution in [-0.4, -0.2) is 10.9 Å². The number of benzene rings is 1. The van der Waals surface area contributed by atoms with Crippen molar-refractivity contribution in [2.75, 3.05) is 5.32 Å². The molecule has 0 aliphatic carbocycles. The monoisotopic (exact) mass is 278 g/mol. The van der Waals surface area contributed by atoms with E-state index in [2.05, 4.69) is 5.32 Å². The Hall–Kier alpha value is -2.21. The molecule has 0 bridgehead atoms. The summed E-state index contributed by atoms with van der Waals surface area (Å²) in [7, 11) is 0. The van der Waals surface area contributed by atoms with E-state index >= 15 is 0 Å². The van der Waals surface area contributed by atoms with E-state index in [1.165, 1.54) is 18.4 Å². The van der Waals surface area contributed by atoms with Gasteiger partial charge in [0.1, 0.15) is 22.8 Å². The summed E-state index contributed by atoms with van der Waals surface area (Å²) in [4.78, 5) is 11.9. The van der Waals surface area contributed by atoms with Gasteiger partial charge in [0.15, 0.2) is 0 Å². The molecular weight excluding hydrogens is 267 g/mol. The van der Waals surface area contributed by atoms with Gasteiger partial charge in [0.05, 0.1) is 11.3 Å². The lowest BCUT2D eigenvalue weighted by molar-refractivity contribution is 0.102. The number of nitrogens with one attached hydrogen (secondary N) is 1. The van der Waals surface area contributed by atoms with Crippen molar-refractivity contribution in [3.8, 4) is 0 Å². The van der Waals surface area contributed by atoms with Crippen LogP contribution in [-0.2, 0) is 0 Å². The Bertz CT molecular complexity index is 652. The third-order valence-electron chi connectivity index (χ3n) is 2.49. The normalized spacial score (nSPS) is 10.2. The Kier molecular flexibility index (Phi) is 3.62. The maximum atomic E-state index is 13.7. The fraction of sp³-hybridized carbons (Fsp3) is 0.0769. The predicted molar refractivity (Wildman–Crippen MR) is 73.7 cm³/mol. The first-order valence-corrected chi connectivity index (χ1v) is 5.84. The summed E-state index contributed by atoms with van der Waals surface area (Å²) in [5.41, 5.74) is 6.19. The number of furan rings is 1. The van der Waals surface area contributed by atoms with E-state index in [0.717, 1.165) is 0 Å². The average Bonchev–Trinajstić information content (AvgIpc) is 2.78. The Labute approximate surface area is 114 Å². The van der Waals surface area contributed by atoms with Crippen molar-refractivity contribution in [1.29, 1.82) is 0 Å². The van der Waals surface area contributed by atoms with Gasteiger partial charge in [-0.15, -0.1) is 0 Å². The number of nitrogens with two attached hydrogens (primary N) is 1. The number of hydrogen-bond donors (Lipinski definition) is 2. The number of amides is 1. The quantitative estimate of drug-likeness (QED) is 0.847. The summed E-state index contributed by atoms with van der Waals surface area (Å²) in [6.45, 7) is 1.72. The van der Waals surface area contributed by atoms with Crippen LogP contribution in [0.15, 0.2) is 34.9 Å². The molecule has 1 amide bonds. The summed E-state index contributed by atoms with van der Waals surface area (Å²) < 4.78 is 18.8. The Morgan fingerprint density at radius 2 is 2.11 bits per heavy atom. The lowest BCUT2D eigenvalue weighted by Gasteiger charge is -2.06. The molecule has 0 radical (unpaired) electrons. The summed E-state index contributed by atoms with van der Waals surface area (Å²) in [6, 6.07) is 5.70. The van der Waals surface area contributed by atoms with E-state index in [4.69, 9.17) is 22.4 Å². The van der Waals surface area contributed by atoms with Crippen LogP contribution in [0.3, 0.4) is 0 Å². The third-order valence-corrected chi connectivity index (χ3v) is 2.73. The summed E-state index contributed by atoms with van der Waals surface area (Å²) in [5.74, 6) is -0.438. The van der Waals surface area contributed by atoms with Crippen molar-refractivity contribution >= 4 is 28.8 Å². The van der Waals surface area contributed by atoms with E-state index < -0.39 is 11.7 Å². The molecule has 0 saturated carbocycles. The van der Waals surface area contributed by atoms with Crippen LogP contribution in [0.5, 0.6) is 0 Å². The van der Waals surface area contributed by atoms with Crippen LogP contribution in [0, 0.1) is 12.7 Å². The molecule has 0 spiro atoms. The molecular formula is C13H11FN2O2S. The molecule has 0 saturated heterocycles. The first-order valence-electron chi connectivity index (χ1n) is 5.43. The number of carbonyl (C=O) groups excluding carboxylic acids is 1. The van der Waals surface area contributed by atoms with Crippen LogP contribution in [0.2, 0.25) is 0 Å². The second kappa shape index (κ2) is 5.19. The predicted octanol–water partition coefficient (Wildman–Crippen LogP) is 2.61. The Morgan fingerprint density at radius 3 is 2.63 bits per heavy atom. The largest absolute Gasteiger partial charge is 0.469 e. The molecule has 6 heteroatoms. The number of rotatable bonds is 3. The summed E-state index contributed by atoms with van der Waals surface area (Å²) in [6.07, 6.45) is 1.31. The van der Waals surface area contributed by atoms with E-state index in [0.29, 0.717) is 16.9 Å². The van der Waals surface area contributed by atoms with Gasteiger partial charge in [-0.3, -0.25) is 4.79 Å². The fourth-order valence-corrected chi connectivity index (χ4v) is 1.65. The molecule has 19 heavy (non-hydrogen) atoms. The van der Waals surface area contributed by atoms with Crippen molar-refractivity contribution in [2.24, 2.45) is 5.73 Å². The van der Waals surface area contributed by atoms with E-state index in [1.54, 1.807) is 19.1 Å². The van der Waals surface area contributed by atoms with Gasteiger partial charge in [-0.1, -0.05) is 12.2 Å². The highest BCUT2D eigenvalue weighted by atomic mass is 32.1. The molecule has 1 aromatic carbocycles. The number of aryl methyl sites for hydroxylation is 1. The number of hydrogen-bond acceptors (Lipinski definition) is 3. The Balaban J connectivity index is 2.20. The SMILES string of the molecule is Cc1cc(C(=O)Nc2ccc(C(N)=S)cc2F)co1. The van der Waals surface area contributed by atoms with Crippen LogP contribution >= 0.6 is 12.2 Å². The minimum Gasteiger partial charge on any atom is -0.469 e. The van der Waals surface area contributed by atoms with Crippen LogP contribution in [0.25, 0.3) is 0 Å². The average molecular weight is 278 g/mol. The number of halogens is 1. The highest BCUT2D eigenvalue weighted by molar-refractivity contribution is 7.80. The lowest BCUT2D eigenvalue weighted by atomic mass is 10.2. The molecule has 4 nitrogen and oxygen atoms in total. The molecule has 0 atom stereocenters. The summed E-state index contributed by atoms with van der Waals surface area (Å²) >= 11 is 4.74. The van der Waals surface area contributed by atoms with Gasteiger partial charge in [-0.2, -0.15) is 0 Å². The zero-order valence-electron chi connectivity index (χ0n) is 10.1. The van der Waals surface area contributed by atoms with Gasteiger partial charge in [0, 0.05) is 5.56 Å². The number of thiocarbonyl (C=S) groups is 1. The van der Waals surface area contributed by atoms with Crippen molar-refractivity contribution < 1.29 is 13.6 Å². The zero-order chi connectivity index (χ0) is 14.0. The smallest absolute Gasteiger partial charge is 0.259 e. The van der Waals surface area contributed by atoms with Crippen molar-refractivity contribution in [3.05, 3.63) is 53.2 Å². The topological polar surface area (TPSA) is 68.3 Å². The van der Waals surface area contributed by atoms with E-state index in [9.17, 15) is 9.18 Å². The zero-order valence-corrected chi connectivity index (χ0v) is 10.9. The summed E-state index contributed by atoms with van der Waals surface area (Å²) in [5, 5.41) is 2.45. The van der Waals surface area contributed by atoms with Crippen LogP contribution in [0.4, 0.5) is 10.1 Å². The maximum Gasteiger partial charge on any atom is 0.259 e. The van der Waals surface area contributed by atoms with Gasteiger partial charge < -0.3 is 15.5 Å². The second-order valence-electron chi connectivity index (χ2n) is 3.96. The number of carbonyl (C=O) groups is 1. The molecule has 2 rings (SSSR count). The molecule has 1 aromatic heterocycles. The minimum absolute atomic E-state index is 0.0591. The minimum atomic E-state index is -0.598. The van der Waals surface area contributed by atoms with E-state index in [1.807, 2.05) is 0 Å². The van der Waals surface area contributed by atoms with Gasteiger partial charge in [0.2, 0.25) is 0 Å². The molecule has 3 N–H and O–H groups in total. The molecule has 98 valence electrons. The molecule has 1 heterocycles. The highest BCUT2D eigenvalue weighted by Crippen LogP contribution is 2.17. The van der Waals surface area contributed by atoms with Crippen molar-refractivity contribution in [2.45, 2.75) is 6.92 Å². The van der Waals surface area contributed by atoms with Crippen LogP contribution < -0.4 is 11.1 Å². The molecule has 0 fully saturated rings. The molecule has 2 aromatic rings.